The Kier molecular flexibility index (Phi) is 5.07. The number of methoxy groups -OCH3 is 2. The van der Waals surface area contributed by atoms with Crippen molar-refractivity contribution in [3.8, 4) is 22.9 Å². The highest BCUT2D eigenvalue weighted by molar-refractivity contribution is 5.56. The van der Waals surface area contributed by atoms with Gasteiger partial charge >= 0.3 is 0 Å². The van der Waals surface area contributed by atoms with Gasteiger partial charge in [-0.15, -0.1) is 0 Å². The van der Waals surface area contributed by atoms with Crippen molar-refractivity contribution in [3.05, 3.63) is 60.0 Å². The van der Waals surface area contributed by atoms with Crippen molar-refractivity contribution in [1.29, 1.82) is 0 Å². The summed E-state index contributed by atoms with van der Waals surface area (Å²) in [6, 6.07) is 15.9. The minimum absolute atomic E-state index is 0.266. The van der Waals surface area contributed by atoms with Gasteiger partial charge in [-0.05, 0) is 42.8 Å². The van der Waals surface area contributed by atoms with E-state index >= 15 is 0 Å². The third-order valence-electron chi connectivity index (χ3n) is 4.93. The molecule has 1 fully saturated rings. The summed E-state index contributed by atoms with van der Waals surface area (Å²) in [7, 11) is 3.34. The molecule has 0 spiro atoms. The zero-order valence-electron chi connectivity index (χ0n) is 15.6. The van der Waals surface area contributed by atoms with Crippen molar-refractivity contribution in [3.63, 3.8) is 0 Å². The van der Waals surface area contributed by atoms with Crippen molar-refractivity contribution < 1.29 is 14.0 Å². The summed E-state index contributed by atoms with van der Waals surface area (Å²) < 4.78 is 16.1. The summed E-state index contributed by atoms with van der Waals surface area (Å²) in [5.41, 5.74) is 2.15. The third kappa shape index (κ3) is 3.95. The lowest BCUT2D eigenvalue weighted by molar-refractivity contribution is 0.308. The van der Waals surface area contributed by atoms with Crippen molar-refractivity contribution in [2.24, 2.45) is 0 Å². The monoisotopic (exact) mass is 365 g/mol. The fraction of sp³-hybridized carbons (Fsp3) is 0.333. The molecule has 1 aliphatic heterocycles. The molecule has 0 saturated carbocycles. The zero-order valence-corrected chi connectivity index (χ0v) is 15.6. The summed E-state index contributed by atoms with van der Waals surface area (Å²) in [5.74, 6) is 3.26. The van der Waals surface area contributed by atoms with Gasteiger partial charge in [0, 0.05) is 18.7 Å². The molecule has 0 amide bonds. The Bertz CT molecular complexity index is 909. The summed E-state index contributed by atoms with van der Waals surface area (Å²) in [6.07, 6.45) is 1.02. The van der Waals surface area contributed by atoms with Gasteiger partial charge in [-0.3, -0.25) is 4.90 Å². The first-order chi connectivity index (χ1) is 13.2. The van der Waals surface area contributed by atoms with Crippen LogP contribution in [-0.2, 0) is 6.54 Å². The van der Waals surface area contributed by atoms with Gasteiger partial charge in [0.1, 0.15) is 11.5 Å². The Hall–Kier alpha value is -2.86. The minimum atomic E-state index is 0.266. The van der Waals surface area contributed by atoms with Gasteiger partial charge in [0.2, 0.25) is 11.7 Å². The van der Waals surface area contributed by atoms with Crippen LogP contribution in [0.2, 0.25) is 0 Å². The number of benzene rings is 2. The first kappa shape index (κ1) is 17.5. The topological polar surface area (TPSA) is 60.6 Å². The molecule has 6 heteroatoms. The molecule has 0 aliphatic carbocycles. The zero-order chi connectivity index (χ0) is 18.6. The molecular formula is C21H23N3O3. The molecule has 1 unspecified atom stereocenters. The minimum Gasteiger partial charge on any atom is -0.497 e. The lowest BCUT2D eigenvalue weighted by Crippen LogP contribution is -2.19. The Morgan fingerprint density at radius 1 is 1.07 bits per heavy atom. The van der Waals surface area contributed by atoms with E-state index in [2.05, 4.69) is 27.2 Å². The van der Waals surface area contributed by atoms with Crippen LogP contribution in [0.15, 0.2) is 53.1 Å². The van der Waals surface area contributed by atoms with E-state index in [9.17, 15) is 0 Å². The average Bonchev–Trinajstić information content (AvgIpc) is 3.38. The van der Waals surface area contributed by atoms with E-state index < -0.39 is 0 Å². The predicted molar refractivity (Wildman–Crippen MR) is 102 cm³/mol. The Labute approximate surface area is 158 Å². The molecule has 0 bridgehead atoms. The van der Waals surface area contributed by atoms with Crippen molar-refractivity contribution in [2.45, 2.75) is 18.9 Å². The van der Waals surface area contributed by atoms with Crippen LogP contribution >= 0.6 is 0 Å². The quantitative estimate of drug-likeness (QED) is 0.663. The second-order valence-corrected chi connectivity index (χ2v) is 6.76. The molecule has 2 aromatic carbocycles. The van der Waals surface area contributed by atoms with Crippen LogP contribution in [0.25, 0.3) is 11.4 Å². The largest absolute Gasteiger partial charge is 0.497 e. The maximum absolute atomic E-state index is 5.56. The fourth-order valence-electron chi connectivity index (χ4n) is 3.49. The fourth-order valence-corrected chi connectivity index (χ4v) is 3.49. The molecule has 140 valence electrons. The van der Waals surface area contributed by atoms with E-state index in [0.29, 0.717) is 11.7 Å². The van der Waals surface area contributed by atoms with E-state index in [1.165, 1.54) is 5.56 Å². The van der Waals surface area contributed by atoms with E-state index in [4.69, 9.17) is 14.0 Å². The molecule has 3 aromatic rings. The number of hydrogen-bond donors (Lipinski definition) is 0. The highest BCUT2D eigenvalue weighted by Crippen LogP contribution is 2.29. The molecule has 1 saturated heterocycles. The van der Waals surface area contributed by atoms with Crippen LogP contribution in [-0.4, -0.2) is 42.3 Å². The van der Waals surface area contributed by atoms with Gasteiger partial charge in [0.15, 0.2) is 0 Å². The number of likely N-dealkylation sites (tertiary alicyclic amines) is 1. The van der Waals surface area contributed by atoms with Crippen molar-refractivity contribution in [1.82, 2.24) is 15.0 Å². The highest BCUT2D eigenvalue weighted by Gasteiger charge is 2.28. The SMILES string of the molecule is COc1cccc(CN2CCC(c3nc(-c4cccc(OC)c4)no3)C2)c1. The number of ether oxygens (including phenoxy) is 2. The highest BCUT2D eigenvalue weighted by atomic mass is 16.5. The molecule has 0 N–H and O–H groups in total. The molecular weight excluding hydrogens is 342 g/mol. The molecule has 0 radical (unpaired) electrons. The molecule has 1 atom stereocenters. The van der Waals surface area contributed by atoms with Gasteiger partial charge in [-0.1, -0.05) is 29.4 Å². The van der Waals surface area contributed by atoms with Gasteiger partial charge < -0.3 is 14.0 Å². The lowest BCUT2D eigenvalue weighted by atomic mass is 10.1. The molecule has 2 heterocycles. The van der Waals surface area contributed by atoms with E-state index in [-0.39, 0.29) is 5.92 Å². The van der Waals surface area contributed by atoms with Crippen LogP contribution in [0.4, 0.5) is 0 Å². The van der Waals surface area contributed by atoms with Crippen LogP contribution in [0.1, 0.15) is 23.8 Å². The number of rotatable bonds is 6. The Morgan fingerprint density at radius 3 is 2.67 bits per heavy atom. The van der Waals surface area contributed by atoms with Crippen LogP contribution in [0.5, 0.6) is 11.5 Å². The molecule has 1 aliphatic rings. The first-order valence-electron chi connectivity index (χ1n) is 9.08. The number of aromatic nitrogens is 2. The normalized spacial score (nSPS) is 17.2. The average molecular weight is 365 g/mol. The van der Waals surface area contributed by atoms with Crippen LogP contribution in [0, 0.1) is 0 Å². The Morgan fingerprint density at radius 2 is 1.85 bits per heavy atom. The van der Waals surface area contributed by atoms with Crippen LogP contribution < -0.4 is 9.47 Å². The Balaban J connectivity index is 1.42. The van der Waals surface area contributed by atoms with Gasteiger partial charge in [-0.2, -0.15) is 4.98 Å². The first-order valence-corrected chi connectivity index (χ1v) is 9.08. The summed E-state index contributed by atoms with van der Waals surface area (Å²) in [5, 5.41) is 4.16. The standard InChI is InChI=1S/C21H23N3O3/c1-25-18-7-3-5-15(11-18)13-24-10-9-17(14-24)21-22-20(23-27-21)16-6-4-8-19(12-16)26-2/h3-8,11-12,17H,9-10,13-14H2,1-2H3. The number of hydrogen-bond acceptors (Lipinski definition) is 6. The third-order valence-corrected chi connectivity index (χ3v) is 4.93. The molecule has 27 heavy (non-hydrogen) atoms. The lowest BCUT2D eigenvalue weighted by Gasteiger charge is -2.15. The predicted octanol–water partition coefficient (Wildman–Crippen LogP) is 3.74. The van der Waals surface area contributed by atoms with Crippen molar-refractivity contribution in [2.75, 3.05) is 27.3 Å². The molecule has 4 rings (SSSR count). The summed E-state index contributed by atoms with van der Waals surface area (Å²) >= 11 is 0. The van der Waals surface area contributed by atoms with Gasteiger partial charge in [0.25, 0.3) is 0 Å². The molecule has 6 nitrogen and oxygen atoms in total. The van der Waals surface area contributed by atoms with E-state index in [1.54, 1.807) is 14.2 Å². The van der Waals surface area contributed by atoms with Crippen molar-refractivity contribution >= 4 is 0 Å². The second kappa shape index (κ2) is 7.80. The van der Waals surface area contributed by atoms with E-state index in [1.807, 2.05) is 36.4 Å². The van der Waals surface area contributed by atoms with E-state index in [0.717, 1.165) is 43.1 Å². The molecule has 1 aromatic heterocycles. The second-order valence-electron chi connectivity index (χ2n) is 6.76. The maximum Gasteiger partial charge on any atom is 0.231 e. The number of nitrogens with zero attached hydrogens (tertiary/aromatic N) is 3. The van der Waals surface area contributed by atoms with Crippen LogP contribution in [0.3, 0.4) is 0 Å². The maximum atomic E-state index is 5.56. The summed E-state index contributed by atoms with van der Waals surface area (Å²) in [4.78, 5) is 7.04. The van der Waals surface area contributed by atoms with Gasteiger partial charge in [0.05, 0.1) is 20.1 Å². The summed E-state index contributed by atoms with van der Waals surface area (Å²) in [6.45, 7) is 2.82. The smallest absolute Gasteiger partial charge is 0.231 e. The van der Waals surface area contributed by atoms with Gasteiger partial charge in [-0.25, -0.2) is 0 Å².